The van der Waals surface area contributed by atoms with Crippen molar-refractivity contribution in [1.29, 1.82) is 10.5 Å². The van der Waals surface area contributed by atoms with Gasteiger partial charge in [0.25, 0.3) is 0 Å². The van der Waals surface area contributed by atoms with Gasteiger partial charge in [-0.2, -0.15) is 10.5 Å². The first-order chi connectivity index (χ1) is 8.85. The molecular formula is C14H16N4. The number of hydrogen-bond acceptors (Lipinski definition) is 4. The van der Waals surface area contributed by atoms with E-state index in [-0.39, 0.29) is 6.04 Å². The van der Waals surface area contributed by atoms with Crippen LogP contribution in [0.5, 0.6) is 0 Å². The van der Waals surface area contributed by atoms with E-state index in [9.17, 15) is 0 Å². The van der Waals surface area contributed by atoms with Crippen molar-refractivity contribution in [2.75, 3.05) is 26.2 Å². The van der Waals surface area contributed by atoms with Crippen LogP contribution in [0.2, 0.25) is 0 Å². The molecule has 1 heterocycles. The second-order valence-corrected chi connectivity index (χ2v) is 4.40. The van der Waals surface area contributed by atoms with E-state index in [0.717, 1.165) is 31.7 Å². The molecule has 1 atom stereocenters. The zero-order valence-electron chi connectivity index (χ0n) is 10.3. The van der Waals surface area contributed by atoms with Crippen molar-refractivity contribution < 1.29 is 0 Å². The molecule has 92 valence electrons. The van der Waals surface area contributed by atoms with Gasteiger partial charge in [-0.3, -0.25) is 4.90 Å². The molecule has 0 spiro atoms. The molecule has 0 aromatic heterocycles. The summed E-state index contributed by atoms with van der Waals surface area (Å²) in [7, 11) is 0. The largest absolute Gasteiger partial charge is 0.314 e. The third-order valence-electron chi connectivity index (χ3n) is 3.30. The van der Waals surface area contributed by atoms with Crippen molar-refractivity contribution in [3.05, 3.63) is 35.4 Å². The number of nitriles is 2. The monoisotopic (exact) mass is 240 g/mol. The fourth-order valence-electron chi connectivity index (χ4n) is 2.32. The van der Waals surface area contributed by atoms with Crippen LogP contribution in [0.3, 0.4) is 0 Å². The second-order valence-electron chi connectivity index (χ2n) is 4.40. The lowest BCUT2D eigenvalue weighted by Gasteiger charge is -2.34. The topological polar surface area (TPSA) is 62.9 Å². The molecule has 0 amide bonds. The standard InChI is InChI=1S/C14H16N4/c15-6-5-14(18-9-7-17-8-10-18)13-3-1-12(11-16)2-4-13/h1-4,14,17H,5,7-10H2/t14-/m1/s1. The van der Waals surface area contributed by atoms with Gasteiger partial charge in [-0.05, 0) is 17.7 Å². The third-order valence-corrected chi connectivity index (χ3v) is 3.30. The second kappa shape index (κ2) is 6.16. The molecule has 1 aliphatic heterocycles. The predicted molar refractivity (Wildman–Crippen MR) is 68.6 cm³/mol. The summed E-state index contributed by atoms with van der Waals surface area (Å²) >= 11 is 0. The van der Waals surface area contributed by atoms with Crippen molar-refractivity contribution in [2.45, 2.75) is 12.5 Å². The quantitative estimate of drug-likeness (QED) is 0.868. The molecule has 4 heteroatoms. The van der Waals surface area contributed by atoms with Crippen LogP contribution in [0.1, 0.15) is 23.6 Å². The Kier molecular flexibility index (Phi) is 4.30. The van der Waals surface area contributed by atoms with Gasteiger partial charge in [-0.15, -0.1) is 0 Å². The van der Waals surface area contributed by atoms with Crippen molar-refractivity contribution in [3.63, 3.8) is 0 Å². The smallest absolute Gasteiger partial charge is 0.0991 e. The molecule has 1 aromatic rings. The van der Waals surface area contributed by atoms with Gasteiger partial charge in [0.2, 0.25) is 0 Å². The maximum absolute atomic E-state index is 8.98. The Morgan fingerprint density at radius 1 is 1.17 bits per heavy atom. The summed E-state index contributed by atoms with van der Waals surface area (Å²) in [6.45, 7) is 3.87. The Bertz CT molecular complexity index is 460. The van der Waals surface area contributed by atoms with Crippen molar-refractivity contribution in [1.82, 2.24) is 10.2 Å². The lowest BCUT2D eigenvalue weighted by atomic mass is 10.0. The zero-order valence-corrected chi connectivity index (χ0v) is 10.3. The minimum atomic E-state index is 0.143. The summed E-state index contributed by atoms with van der Waals surface area (Å²) in [5, 5.41) is 21.1. The molecule has 0 unspecified atom stereocenters. The van der Waals surface area contributed by atoms with E-state index >= 15 is 0 Å². The van der Waals surface area contributed by atoms with Crippen molar-refractivity contribution in [2.24, 2.45) is 0 Å². The average molecular weight is 240 g/mol. The van der Waals surface area contributed by atoms with Crippen LogP contribution >= 0.6 is 0 Å². The van der Waals surface area contributed by atoms with Crippen LogP contribution in [-0.2, 0) is 0 Å². The molecule has 4 nitrogen and oxygen atoms in total. The Hall–Kier alpha value is -1.88. The van der Waals surface area contributed by atoms with Gasteiger partial charge in [0, 0.05) is 32.2 Å². The minimum Gasteiger partial charge on any atom is -0.314 e. The number of rotatable bonds is 3. The van der Waals surface area contributed by atoms with E-state index in [0.29, 0.717) is 12.0 Å². The van der Waals surface area contributed by atoms with Crippen LogP contribution in [0.25, 0.3) is 0 Å². The first-order valence-electron chi connectivity index (χ1n) is 6.17. The van der Waals surface area contributed by atoms with Crippen molar-refractivity contribution in [3.8, 4) is 12.1 Å². The number of nitrogens with zero attached hydrogens (tertiary/aromatic N) is 3. The van der Waals surface area contributed by atoms with E-state index in [1.165, 1.54) is 0 Å². The number of hydrogen-bond donors (Lipinski definition) is 1. The first-order valence-corrected chi connectivity index (χ1v) is 6.17. The van der Waals surface area contributed by atoms with Gasteiger partial charge in [-0.25, -0.2) is 0 Å². The molecule has 1 aromatic carbocycles. The highest BCUT2D eigenvalue weighted by Gasteiger charge is 2.21. The van der Waals surface area contributed by atoms with Crippen LogP contribution in [0, 0.1) is 22.7 Å². The normalized spacial score (nSPS) is 17.7. The van der Waals surface area contributed by atoms with Gasteiger partial charge < -0.3 is 5.32 Å². The lowest BCUT2D eigenvalue weighted by Crippen LogP contribution is -2.45. The first kappa shape index (κ1) is 12.6. The van der Waals surface area contributed by atoms with E-state index in [1.54, 1.807) is 0 Å². The molecule has 0 bridgehead atoms. The molecule has 0 radical (unpaired) electrons. The average Bonchev–Trinajstić information content (AvgIpc) is 2.46. The highest BCUT2D eigenvalue weighted by Crippen LogP contribution is 2.24. The summed E-state index contributed by atoms with van der Waals surface area (Å²) in [5.74, 6) is 0. The Balaban J connectivity index is 2.17. The molecule has 1 saturated heterocycles. The maximum Gasteiger partial charge on any atom is 0.0991 e. The van der Waals surface area contributed by atoms with Gasteiger partial charge in [0.1, 0.15) is 0 Å². The zero-order chi connectivity index (χ0) is 12.8. The van der Waals surface area contributed by atoms with E-state index in [4.69, 9.17) is 10.5 Å². The highest BCUT2D eigenvalue weighted by molar-refractivity contribution is 5.33. The summed E-state index contributed by atoms with van der Waals surface area (Å²) in [5.41, 5.74) is 1.78. The Morgan fingerprint density at radius 3 is 2.39 bits per heavy atom. The van der Waals surface area contributed by atoms with Crippen LogP contribution < -0.4 is 5.32 Å². The van der Waals surface area contributed by atoms with Crippen LogP contribution in [0.15, 0.2) is 24.3 Å². The van der Waals surface area contributed by atoms with E-state index in [2.05, 4.69) is 22.4 Å². The highest BCUT2D eigenvalue weighted by atomic mass is 15.2. The molecular weight excluding hydrogens is 224 g/mol. The fraction of sp³-hybridized carbons (Fsp3) is 0.429. The molecule has 0 aliphatic carbocycles. The summed E-state index contributed by atoms with van der Waals surface area (Å²) in [6.07, 6.45) is 0.492. The van der Waals surface area contributed by atoms with Gasteiger partial charge >= 0.3 is 0 Å². The van der Waals surface area contributed by atoms with Gasteiger partial charge in [0.15, 0.2) is 0 Å². The molecule has 1 aliphatic rings. The SMILES string of the molecule is N#CC[C@H](c1ccc(C#N)cc1)N1CCNCC1. The summed E-state index contributed by atoms with van der Waals surface area (Å²) in [4.78, 5) is 2.33. The van der Waals surface area contributed by atoms with Gasteiger partial charge in [-0.1, -0.05) is 12.1 Å². The van der Waals surface area contributed by atoms with Crippen LogP contribution in [-0.4, -0.2) is 31.1 Å². The lowest BCUT2D eigenvalue weighted by molar-refractivity contribution is 0.175. The Morgan fingerprint density at radius 2 is 1.83 bits per heavy atom. The van der Waals surface area contributed by atoms with Crippen LogP contribution in [0.4, 0.5) is 0 Å². The Labute approximate surface area is 107 Å². The molecule has 0 saturated carbocycles. The van der Waals surface area contributed by atoms with Gasteiger partial charge in [0.05, 0.1) is 24.1 Å². The number of piperazine rings is 1. The fourth-order valence-corrected chi connectivity index (χ4v) is 2.32. The maximum atomic E-state index is 8.98. The molecule has 2 rings (SSSR count). The van der Waals surface area contributed by atoms with E-state index in [1.807, 2.05) is 24.3 Å². The number of benzene rings is 1. The summed E-state index contributed by atoms with van der Waals surface area (Å²) in [6, 6.07) is 12.1. The third kappa shape index (κ3) is 2.87. The minimum absolute atomic E-state index is 0.143. The summed E-state index contributed by atoms with van der Waals surface area (Å²) < 4.78 is 0. The molecule has 18 heavy (non-hydrogen) atoms. The predicted octanol–water partition coefficient (Wildman–Crippen LogP) is 1.42. The molecule has 1 fully saturated rings. The number of nitrogens with one attached hydrogen (secondary N) is 1. The van der Waals surface area contributed by atoms with E-state index < -0.39 is 0 Å². The molecule has 1 N–H and O–H groups in total. The van der Waals surface area contributed by atoms with Crippen molar-refractivity contribution >= 4 is 0 Å².